The van der Waals surface area contributed by atoms with Gasteiger partial charge in [0.05, 0.1) is 7.11 Å². The van der Waals surface area contributed by atoms with Crippen molar-refractivity contribution in [3.05, 3.63) is 102 Å². The number of aliphatic imine (C=N–C) groups is 1. The van der Waals surface area contributed by atoms with E-state index in [1.807, 2.05) is 66.1 Å². The van der Waals surface area contributed by atoms with Crippen molar-refractivity contribution >= 4 is 23.2 Å². The Labute approximate surface area is 202 Å². The summed E-state index contributed by atoms with van der Waals surface area (Å²) in [5.74, 6) is 1.47. The van der Waals surface area contributed by atoms with Crippen molar-refractivity contribution in [3.8, 4) is 17.1 Å². The molecule has 176 valence electrons. The third-order valence-electron chi connectivity index (χ3n) is 5.28. The smallest absolute Gasteiger partial charge is 0.182 e. The summed E-state index contributed by atoms with van der Waals surface area (Å²) in [5, 5.41) is 22.9. The highest BCUT2D eigenvalue weighted by Gasteiger charge is 2.18. The molecule has 0 amide bonds. The number of nitrogens with two attached hydrogens (primary N) is 1. The SMILES string of the molecule is COc1ccc(Cc2c(N)nc(-c3ccccc3)nc2N=C(NO)/C(=N/O)c2ccccc2)cc1. The summed E-state index contributed by atoms with van der Waals surface area (Å²) in [4.78, 5) is 13.7. The molecule has 0 radical (unpaired) electrons. The van der Waals surface area contributed by atoms with Crippen molar-refractivity contribution in [1.29, 1.82) is 0 Å². The lowest BCUT2D eigenvalue weighted by molar-refractivity contribution is 0.236. The van der Waals surface area contributed by atoms with E-state index in [-0.39, 0.29) is 23.2 Å². The maximum absolute atomic E-state index is 9.88. The number of rotatable bonds is 7. The number of anilines is 1. The Morgan fingerprint density at radius 3 is 2.20 bits per heavy atom. The maximum Gasteiger partial charge on any atom is 0.182 e. The van der Waals surface area contributed by atoms with Gasteiger partial charge in [-0.25, -0.2) is 15.0 Å². The molecule has 1 aromatic heterocycles. The van der Waals surface area contributed by atoms with Crippen LogP contribution in [0.5, 0.6) is 5.75 Å². The van der Waals surface area contributed by atoms with Crippen LogP contribution in [0, 0.1) is 0 Å². The molecule has 0 aliphatic carbocycles. The number of ether oxygens (including phenoxy) is 1. The third kappa shape index (κ3) is 5.43. The predicted molar refractivity (Wildman–Crippen MR) is 134 cm³/mol. The standard InChI is InChI=1S/C26H24N6O3/c1-35-20-14-12-17(13-15-20)16-21-23(27)28-24(19-10-6-3-7-11-19)29-25(21)30-26(32-34)22(31-33)18-8-4-2-5-9-18/h2-15,33-34H,16H2,1H3,(H3,27,28,29,30,32)/b31-22+. The Kier molecular flexibility index (Phi) is 7.29. The number of nitrogens with one attached hydrogen (secondary N) is 1. The lowest BCUT2D eigenvalue weighted by Crippen LogP contribution is -2.29. The van der Waals surface area contributed by atoms with E-state index in [1.165, 1.54) is 0 Å². The average Bonchev–Trinajstić information content (AvgIpc) is 2.91. The first-order valence-electron chi connectivity index (χ1n) is 10.7. The molecule has 4 aromatic rings. The molecule has 0 bridgehead atoms. The Morgan fingerprint density at radius 1 is 0.943 bits per heavy atom. The van der Waals surface area contributed by atoms with Gasteiger partial charge in [-0.15, -0.1) is 0 Å². The van der Waals surface area contributed by atoms with Crippen LogP contribution < -0.4 is 16.0 Å². The van der Waals surface area contributed by atoms with Crippen LogP contribution in [0.1, 0.15) is 16.7 Å². The van der Waals surface area contributed by atoms with E-state index in [4.69, 9.17) is 10.5 Å². The van der Waals surface area contributed by atoms with Crippen molar-refractivity contribution < 1.29 is 15.2 Å². The summed E-state index contributed by atoms with van der Waals surface area (Å²) in [6, 6.07) is 25.7. The fraction of sp³-hybridized carbons (Fsp3) is 0.0769. The topological polar surface area (TPSA) is 138 Å². The fourth-order valence-electron chi connectivity index (χ4n) is 3.49. The minimum Gasteiger partial charge on any atom is -0.497 e. The molecule has 0 aliphatic rings. The summed E-state index contributed by atoms with van der Waals surface area (Å²) in [7, 11) is 1.60. The minimum atomic E-state index is -0.105. The van der Waals surface area contributed by atoms with Crippen molar-refractivity contribution in [1.82, 2.24) is 15.4 Å². The Morgan fingerprint density at radius 2 is 1.60 bits per heavy atom. The zero-order valence-corrected chi connectivity index (χ0v) is 19.0. The first kappa shape index (κ1) is 23.4. The Bertz CT molecular complexity index is 1340. The van der Waals surface area contributed by atoms with E-state index >= 15 is 0 Å². The summed E-state index contributed by atoms with van der Waals surface area (Å²) in [6.07, 6.45) is 0.374. The van der Waals surface area contributed by atoms with Gasteiger partial charge in [-0.1, -0.05) is 78.0 Å². The van der Waals surface area contributed by atoms with Gasteiger partial charge in [0.1, 0.15) is 11.6 Å². The van der Waals surface area contributed by atoms with Crippen LogP contribution in [0.25, 0.3) is 11.4 Å². The van der Waals surface area contributed by atoms with Crippen LogP contribution in [0.4, 0.5) is 11.6 Å². The molecule has 1 heterocycles. The summed E-state index contributed by atoms with van der Waals surface area (Å²) in [5.41, 5.74) is 11.2. The number of oxime groups is 1. The van der Waals surface area contributed by atoms with E-state index < -0.39 is 0 Å². The Hall–Kier alpha value is -4.76. The van der Waals surface area contributed by atoms with Gasteiger partial charge in [-0.3, -0.25) is 10.7 Å². The van der Waals surface area contributed by atoms with Crippen LogP contribution >= 0.6 is 0 Å². The molecule has 0 spiro atoms. The number of benzene rings is 3. The number of hydrogen-bond donors (Lipinski definition) is 4. The number of amidine groups is 1. The second-order valence-corrected chi connectivity index (χ2v) is 7.51. The normalized spacial score (nSPS) is 11.8. The summed E-state index contributed by atoms with van der Waals surface area (Å²) in [6.45, 7) is 0. The molecule has 0 unspecified atom stereocenters. The third-order valence-corrected chi connectivity index (χ3v) is 5.28. The maximum atomic E-state index is 9.88. The second kappa shape index (κ2) is 10.9. The highest BCUT2D eigenvalue weighted by atomic mass is 16.5. The van der Waals surface area contributed by atoms with Crippen LogP contribution in [-0.2, 0) is 6.42 Å². The molecule has 9 nitrogen and oxygen atoms in total. The summed E-state index contributed by atoms with van der Waals surface area (Å²) < 4.78 is 5.24. The number of aromatic nitrogens is 2. The zero-order chi connectivity index (χ0) is 24.6. The number of hydrogen-bond acceptors (Lipinski definition) is 8. The molecule has 0 saturated carbocycles. The predicted octanol–water partition coefficient (Wildman–Crippen LogP) is 4.21. The number of hydroxylamine groups is 1. The molecule has 0 saturated heterocycles. The van der Waals surface area contributed by atoms with E-state index in [0.29, 0.717) is 23.4 Å². The first-order valence-corrected chi connectivity index (χ1v) is 10.7. The fourth-order valence-corrected chi connectivity index (χ4v) is 3.49. The number of nitrogens with zero attached hydrogens (tertiary/aromatic N) is 4. The lowest BCUT2D eigenvalue weighted by Gasteiger charge is -2.13. The van der Waals surface area contributed by atoms with Gasteiger partial charge in [0, 0.05) is 23.1 Å². The largest absolute Gasteiger partial charge is 0.497 e. The van der Waals surface area contributed by atoms with Gasteiger partial charge in [0.2, 0.25) is 0 Å². The van der Waals surface area contributed by atoms with Crippen LogP contribution in [0.15, 0.2) is 95.1 Å². The first-order chi connectivity index (χ1) is 17.1. The van der Waals surface area contributed by atoms with Gasteiger partial charge < -0.3 is 15.7 Å². The summed E-state index contributed by atoms with van der Waals surface area (Å²) >= 11 is 0. The number of methoxy groups -OCH3 is 1. The average molecular weight is 469 g/mol. The molecule has 0 fully saturated rings. The molecule has 35 heavy (non-hydrogen) atoms. The van der Waals surface area contributed by atoms with Crippen molar-refractivity contribution in [2.24, 2.45) is 10.1 Å². The minimum absolute atomic E-state index is 0.0296. The van der Waals surface area contributed by atoms with Crippen LogP contribution in [0.2, 0.25) is 0 Å². The van der Waals surface area contributed by atoms with Crippen LogP contribution in [0.3, 0.4) is 0 Å². The van der Waals surface area contributed by atoms with Gasteiger partial charge in [-0.05, 0) is 17.7 Å². The molecule has 4 rings (SSSR count). The van der Waals surface area contributed by atoms with Crippen molar-refractivity contribution in [3.63, 3.8) is 0 Å². The zero-order valence-electron chi connectivity index (χ0n) is 19.0. The highest BCUT2D eigenvalue weighted by molar-refractivity contribution is 6.47. The molecular formula is C26H24N6O3. The molecule has 0 aliphatic heterocycles. The Balaban J connectivity index is 1.84. The van der Waals surface area contributed by atoms with Crippen molar-refractivity contribution in [2.45, 2.75) is 6.42 Å². The van der Waals surface area contributed by atoms with Gasteiger partial charge >= 0.3 is 0 Å². The van der Waals surface area contributed by atoms with Crippen LogP contribution in [-0.4, -0.2) is 39.0 Å². The molecule has 9 heteroatoms. The van der Waals surface area contributed by atoms with Gasteiger partial charge in [0.25, 0.3) is 0 Å². The second-order valence-electron chi connectivity index (χ2n) is 7.51. The van der Waals surface area contributed by atoms with E-state index in [0.717, 1.165) is 16.9 Å². The van der Waals surface area contributed by atoms with E-state index in [9.17, 15) is 10.4 Å². The van der Waals surface area contributed by atoms with Gasteiger partial charge in [-0.2, -0.15) is 0 Å². The molecule has 5 N–H and O–H groups in total. The molecule has 3 aromatic carbocycles. The number of nitrogen functional groups attached to an aromatic ring is 1. The highest BCUT2D eigenvalue weighted by Crippen LogP contribution is 2.29. The van der Waals surface area contributed by atoms with Crippen molar-refractivity contribution in [2.75, 3.05) is 12.8 Å². The van der Waals surface area contributed by atoms with E-state index in [1.54, 1.807) is 31.4 Å². The molecule has 0 atom stereocenters. The van der Waals surface area contributed by atoms with Gasteiger partial charge in [0.15, 0.2) is 23.2 Å². The monoisotopic (exact) mass is 468 g/mol. The lowest BCUT2D eigenvalue weighted by atomic mass is 10.1. The quantitative estimate of drug-likeness (QED) is 0.138. The molecular weight excluding hydrogens is 444 g/mol. The van der Waals surface area contributed by atoms with E-state index in [2.05, 4.69) is 20.1 Å².